The van der Waals surface area contributed by atoms with E-state index < -0.39 is 0 Å². The molecule has 24 heavy (non-hydrogen) atoms. The minimum absolute atomic E-state index is 0.236. The lowest BCUT2D eigenvalue weighted by Crippen LogP contribution is -2.11. The second-order valence-corrected chi connectivity index (χ2v) is 5.29. The van der Waals surface area contributed by atoms with Gasteiger partial charge in [0.2, 0.25) is 0 Å². The molecule has 1 aromatic heterocycles. The third-order valence-corrected chi connectivity index (χ3v) is 3.62. The molecule has 0 aliphatic carbocycles. The number of carbonyl (C=O) groups is 1. The number of carbonyl (C=O) groups excluding carboxylic acids is 1. The number of ether oxygens (including phenoxy) is 1. The number of anilines is 1. The van der Waals surface area contributed by atoms with Crippen molar-refractivity contribution in [2.24, 2.45) is 0 Å². The molecular weight excluding hydrogens is 304 g/mol. The van der Waals surface area contributed by atoms with Crippen molar-refractivity contribution in [3.63, 3.8) is 0 Å². The zero-order chi connectivity index (χ0) is 16.9. The molecule has 0 aliphatic heterocycles. The Labute approximate surface area is 140 Å². The summed E-state index contributed by atoms with van der Waals surface area (Å²) >= 11 is 0. The van der Waals surface area contributed by atoms with E-state index in [4.69, 9.17) is 9.26 Å². The predicted octanol–water partition coefficient (Wildman–Crippen LogP) is 4.30. The van der Waals surface area contributed by atoms with E-state index in [0.29, 0.717) is 23.6 Å². The molecule has 3 aromatic rings. The Morgan fingerprint density at radius 3 is 2.62 bits per heavy atom. The molecule has 0 spiro atoms. The molecule has 1 amide bonds. The fourth-order valence-corrected chi connectivity index (χ4v) is 2.39. The quantitative estimate of drug-likeness (QED) is 0.760. The third kappa shape index (κ3) is 3.46. The Hall–Kier alpha value is -3.08. The second-order valence-electron chi connectivity index (χ2n) is 5.29. The van der Waals surface area contributed by atoms with Crippen LogP contribution >= 0.6 is 0 Å². The fraction of sp³-hybridized carbons (Fsp3) is 0.158. The largest absolute Gasteiger partial charge is 0.494 e. The van der Waals surface area contributed by atoms with Crippen molar-refractivity contribution in [3.05, 3.63) is 66.1 Å². The Morgan fingerprint density at radius 2 is 1.96 bits per heavy atom. The lowest BCUT2D eigenvalue weighted by molar-refractivity contribution is 0.102. The zero-order valence-electron chi connectivity index (χ0n) is 13.6. The summed E-state index contributed by atoms with van der Waals surface area (Å²) in [5, 5.41) is 6.45. The van der Waals surface area contributed by atoms with Gasteiger partial charge >= 0.3 is 0 Å². The van der Waals surface area contributed by atoms with Crippen molar-refractivity contribution in [1.29, 1.82) is 0 Å². The standard InChI is InChI=1S/C19H18N2O3/c1-3-23-17-6-4-5-15(11-17)14-7-9-16(10-8-14)21-19(22)18-12-20-24-13(18)2/h4-12H,3H2,1-2H3,(H,21,22). The number of benzene rings is 2. The van der Waals surface area contributed by atoms with Crippen LogP contribution in [0.15, 0.2) is 59.3 Å². The molecule has 0 saturated heterocycles. The lowest BCUT2D eigenvalue weighted by Gasteiger charge is -2.08. The topological polar surface area (TPSA) is 64.4 Å². The molecule has 0 bridgehead atoms. The zero-order valence-corrected chi connectivity index (χ0v) is 13.6. The van der Waals surface area contributed by atoms with Gasteiger partial charge in [0.05, 0.1) is 12.8 Å². The number of nitrogens with one attached hydrogen (secondary N) is 1. The highest BCUT2D eigenvalue weighted by Gasteiger charge is 2.12. The van der Waals surface area contributed by atoms with Gasteiger partial charge in [0.25, 0.3) is 5.91 Å². The molecule has 0 unspecified atom stereocenters. The van der Waals surface area contributed by atoms with Gasteiger partial charge < -0.3 is 14.6 Å². The summed E-state index contributed by atoms with van der Waals surface area (Å²) in [5.74, 6) is 1.10. The summed E-state index contributed by atoms with van der Waals surface area (Å²) in [7, 11) is 0. The lowest BCUT2D eigenvalue weighted by atomic mass is 10.1. The van der Waals surface area contributed by atoms with E-state index in [0.717, 1.165) is 16.9 Å². The molecule has 0 radical (unpaired) electrons. The first-order chi connectivity index (χ1) is 11.7. The molecule has 0 aliphatic rings. The number of rotatable bonds is 5. The van der Waals surface area contributed by atoms with E-state index in [1.807, 2.05) is 55.5 Å². The normalized spacial score (nSPS) is 10.4. The van der Waals surface area contributed by atoms with E-state index in [1.54, 1.807) is 6.92 Å². The average molecular weight is 322 g/mol. The SMILES string of the molecule is CCOc1cccc(-c2ccc(NC(=O)c3cnoc3C)cc2)c1. The van der Waals surface area contributed by atoms with Crippen LogP contribution in [0.25, 0.3) is 11.1 Å². The summed E-state index contributed by atoms with van der Waals surface area (Å²) in [6.07, 6.45) is 1.41. The molecule has 0 atom stereocenters. The predicted molar refractivity (Wildman–Crippen MR) is 92.2 cm³/mol. The van der Waals surface area contributed by atoms with E-state index in [2.05, 4.69) is 10.5 Å². The van der Waals surface area contributed by atoms with Crippen molar-refractivity contribution >= 4 is 11.6 Å². The van der Waals surface area contributed by atoms with Crippen LogP contribution in [0, 0.1) is 6.92 Å². The van der Waals surface area contributed by atoms with Crippen LogP contribution in [0.3, 0.4) is 0 Å². The molecule has 122 valence electrons. The number of aromatic nitrogens is 1. The number of hydrogen-bond acceptors (Lipinski definition) is 4. The summed E-state index contributed by atoms with van der Waals surface area (Å²) in [5.41, 5.74) is 3.26. The first-order valence-corrected chi connectivity index (χ1v) is 7.73. The van der Waals surface area contributed by atoms with E-state index >= 15 is 0 Å². The van der Waals surface area contributed by atoms with Crippen molar-refractivity contribution in [2.45, 2.75) is 13.8 Å². The molecular formula is C19H18N2O3. The molecule has 0 fully saturated rings. The van der Waals surface area contributed by atoms with Crippen molar-refractivity contribution in [2.75, 3.05) is 11.9 Å². The molecule has 0 saturated carbocycles. The Bertz CT molecular complexity index is 838. The van der Waals surface area contributed by atoms with Gasteiger partial charge in [-0.05, 0) is 49.2 Å². The Balaban J connectivity index is 1.75. The van der Waals surface area contributed by atoms with Gasteiger partial charge in [-0.3, -0.25) is 4.79 Å². The van der Waals surface area contributed by atoms with Crippen LogP contribution in [0.5, 0.6) is 5.75 Å². The van der Waals surface area contributed by atoms with Gasteiger partial charge in [-0.25, -0.2) is 0 Å². The van der Waals surface area contributed by atoms with Crippen molar-refractivity contribution in [1.82, 2.24) is 5.16 Å². The van der Waals surface area contributed by atoms with Crippen molar-refractivity contribution < 1.29 is 14.1 Å². The van der Waals surface area contributed by atoms with Gasteiger partial charge in [-0.1, -0.05) is 29.4 Å². The van der Waals surface area contributed by atoms with Gasteiger partial charge in [0, 0.05) is 5.69 Å². The molecule has 2 aromatic carbocycles. The second kappa shape index (κ2) is 7.00. The Kier molecular flexibility index (Phi) is 4.61. The van der Waals surface area contributed by atoms with Gasteiger partial charge in [-0.15, -0.1) is 0 Å². The molecule has 3 rings (SSSR count). The van der Waals surface area contributed by atoms with E-state index in [-0.39, 0.29) is 5.91 Å². The summed E-state index contributed by atoms with van der Waals surface area (Å²) in [4.78, 5) is 12.1. The van der Waals surface area contributed by atoms with Gasteiger partial charge in [0.15, 0.2) is 0 Å². The maximum Gasteiger partial charge on any atom is 0.260 e. The van der Waals surface area contributed by atoms with Crippen LogP contribution in [0.4, 0.5) is 5.69 Å². The summed E-state index contributed by atoms with van der Waals surface area (Å²) < 4.78 is 10.4. The molecule has 1 heterocycles. The molecule has 5 nitrogen and oxygen atoms in total. The van der Waals surface area contributed by atoms with Crippen LogP contribution < -0.4 is 10.1 Å². The third-order valence-electron chi connectivity index (χ3n) is 3.62. The minimum atomic E-state index is -0.236. The van der Waals surface area contributed by atoms with Crippen molar-refractivity contribution in [3.8, 4) is 16.9 Å². The fourth-order valence-electron chi connectivity index (χ4n) is 2.39. The van der Waals surface area contributed by atoms with E-state index in [9.17, 15) is 4.79 Å². The highest BCUT2D eigenvalue weighted by atomic mass is 16.5. The van der Waals surface area contributed by atoms with Crippen LogP contribution in [0.1, 0.15) is 23.0 Å². The summed E-state index contributed by atoms with van der Waals surface area (Å²) in [6, 6.07) is 15.6. The monoisotopic (exact) mass is 322 g/mol. The maximum atomic E-state index is 12.1. The van der Waals surface area contributed by atoms with Crippen LogP contribution in [-0.4, -0.2) is 17.7 Å². The number of aryl methyl sites for hydroxylation is 1. The van der Waals surface area contributed by atoms with E-state index in [1.165, 1.54) is 6.20 Å². The highest BCUT2D eigenvalue weighted by molar-refractivity contribution is 6.04. The maximum absolute atomic E-state index is 12.1. The Morgan fingerprint density at radius 1 is 1.17 bits per heavy atom. The number of amides is 1. The first kappa shape index (κ1) is 15.8. The van der Waals surface area contributed by atoms with Gasteiger partial charge in [0.1, 0.15) is 17.1 Å². The van der Waals surface area contributed by atoms with Crippen LogP contribution in [0.2, 0.25) is 0 Å². The first-order valence-electron chi connectivity index (χ1n) is 7.73. The molecule has 1 N–H and O–H groups in total. The smallest absolute Gasteiger partial charge is 0.260 e. The van der Waals surface area contributed by atoms with Crippen LogP contribution in [-0.2, 0) is 0 Å². The summed E-state index contributed by atoms with van der Waals surface area (Å²) in [6.45, 7) is 4.30. The highest BCUT2D eigenvalue weighted by Crippen LogP contribution is 2.25. The number of nitrogens with zero attached hydrogens (tertiary/aromatic N) is 1. The number of hydrogen-bond donors (Lipinski definition) is 1. The minimum Gasteiger partial charge on any atom is -0.494 e. The van der Waals surface area contributed by atoms with Gasteiger partial charge in [-0.2, -0.15) is 0 Å². The average Bonchev–Trinajstić information content (AvgIpc) is 3.02. The molecule has 5 heteroatoms.